The van der Waals surface area contributed by atoms with E-state index in [0.29, 0.717) is 11.4 Å². The van der Waals surface area contributed by atoms with Crippen LogP contribution in [0.4, 0.5) is 0 Å². The van der Waals surface area contributed by atoms with Gasteiger partial charge in [-0.25, -0.2) is 0 Å². The van der Waals surface area contributed by atoms with E-state index in [2.05, 4.69) is 5.32 Å². The van der Waals surface area contributed by atoms with Gasteiger partial charge in [-0.15, -0.1) is 0 Å². The largest absolute Gasteiger partial charge is 0.343 e. The van der Waals surface area contributed by atoms with Crippen molar-refractivity contribution in [3.8, 4) is 0 Å². The Morgan fingerprint density at radius 3 is 2.70 bits per heavy atom. The number of piperazine rings is 1. The van der Waals surface area contributed by atoms with Gasteiger partial charge in [-0.2, -0.15) is 0 Å². The smallest absolute Gasteiger partial charge is 0.246 e. The highest BCUT2D eigenvalue weighted by Crippen LogP contribution is 2.28. The molecule has 1 saturated heterocycles. The van der Waals surface area contributed by atoms with Gasteiger partial charge in [0, 0.05) is 5.02 Å². The number of benzene rings is 1. The summed E-state index contributed by atoms with van der Waals surface area (Å²) in [5.41, 5.74) is 0.936. The number of halogens is 1. The van der Waals surface area contributed by atoms with Crippen molar-refractivity contribution < 1.29 is 9.59 Å². The van der Waals surface area contributed by atoms with E-state index in [9.17, 15) is 9.59 Å². The molecule has 108 valence electrons. The molecule has 0 aliphatic carbocycles. The molecule has 1 fully saturated rings. The summed E-state index contributed by atoms with van der Waals surface area (Å²) in [5, 5.41) is 3.35. The maximum Gasteiger partial charge on any atom is 0.246 e. The summed E-state index contributed by atoms with van der Waals surface area (Å²) < 4.78 is 0. The van der Waals surface area contributed by atoms with Crippen LogP contribution >= 0.6 is 11.6 Å². The Hall–Kier alpha value is -1.55. The summed E-state index contributed by atoms with van der Waals surface area (Å²) in [6.07, 6.45) is 0.592. The van der Waals surface area contributed by atoms with Crippen LogP contribution in [0.5, 0.6) is 0 Å². The Kier molecular flexibility index (Phi) is 4.33. The third kappa shape index (κ3) is 2.66. The number of rotatable bonds is 3. The van der Waals surface area contributed by atoms with Crippen molar-refractivity contribution in [1.82, 2.24) is 10.2 Å². The third-order valence-electron chi connectivity index (χ3n) is 3.76. The maximum absolute atomic E-state index is 12.4. The summed E-state index contributed by atoms with van der Waals surface area (Å²) in [5.74, 6) is -0.141. The highest BCUT2D eigenvalue weighted by Gasteiger charge is 2.40. The van der Waals surface area contributed by atoms with Gasteiger partial charge >= 0.3 is 0 Å². The van der Waals surface area contributed by atoms with Crippen LogP contribution in [0.15, 0.2) is 24.3 Å². The van der Waals surface area contributed by atoms with Gasteiger partial charge in [0.15, 0.2) is 0 Å². The molecule has 2 amide bonds. The molecule has 20 heavy (non-hydrogen) atoms. The first-order valence-electron chi connectivity index (χ1n) is 6.83. The van der Waals surface area contributed by atoms with Crippen molar-refractivity contribution in [2.75, 3.05) is 0 Å². The van der Waals surface area contributed by atoms with E-state index >= 15 is 0 Å². The van der Waals surface area contributed by atoms with Gasteiger partial charge in [0.25, 0.3) is 0 Å². The third-order valence-corrected chi connectivity index (χ3v) is 3.99. The van der Waals surface area contributed by atoms with E-state index in [1.165, 1.54) is 0 Å². The van der Waals surface area contributed by atoms with Gasteiger partial charge in [0.2, 0.25) is 11.8 Å². The molecule has 0 radical (unpaired) electrons. The summed E-state index contributed by atoms with van der Waals surface area (Å²) in [6, 6.07) is 6.33. The van der Waals surface area contributed by atoms with Crippen molar-refractivity contribution in [2.45, 2.75) is 45.3 Å². The second-order valence-electron chi connectivity index (χ2n) is 5.13. The summed E-state index contributed by atoms with van der Waals surface area (Å²) in [4.78, 5) is 26.2. The van der Waals surface area contributed by atoms with Crippen LogP contribution in [0, 0.1) is 0 Å². The van der Waals surface area contributed by atoms with E-state index in [-0.39, 0.29) is 17.9 Å². The Morgan fingerprint density at radius 1 is 1.40 bits per heavy atom. The molecule has 1 aromatic carbocycles. The average Bonchev–Trinajstić information content (AvgIpc) is 2.41. The first kappa shape index (κ1) is 14.9. The zero-order valence-electron chi connectivity index (χ0n) is 11.9. The minimum Gasteiger partial charge on any atom is -0.343 e. The first-order valence-corrected chi connectivity index (χ1v) is 7.21. The van der Waals surface area contributed by atoms with E-state index in [0.717, 1.165) is 5.56 Å². The zero-order chi connectivity index (χ0) is 14.9. The lowest BCUT2D eigenvalue weighted by Crippen LogP contribution is -2.62. The van der Waals surface area contributed by atoms with E-state index in [1.807, 2.05) is 32.0 Å². The summed E-state index contributed by atoms with van der Waals surface area (Å²) >= 11 is 6.01. The lowest BCUT2D eigenvalue weighted by Gasteiger charge is -2.41. The van der Waals surface area contributed by atoms with Crippen LogP contribution in [0.1, 0.15) is 38.8 Å². The van der Waals surface area contributed by atoms with Crippen LogP contribution in [-0.2, 0) is 9.59 Å². The highest BCUT2D eigenvalue weighted by molar-refractivity contribution is 6.30. The molecule has 0 bridgehead atoms. The summed E-state index contributed by atoms with van der Waals surface area (Å²) in [7, 11) is 0. The van der Waals surface area contributed by atoms with Gasteiger partial charge in [0.05, 0.1) is 6.04 Å². The SMILES string of the molecule is CCC1C(=O)NC(C)C(=O)N1C(C)c1cccc(Cl)c1. The number of nitrogens with one attached hydrogen (secondary N) is 1. The highest BCUT2D eigenvalue weighted by atomic mass is 35.5. The predicted octanol–water partition coefficient (Wildman–Crippen LogP) is 2.53. The normalized spacial score (nSPS) is 24.5. The molecule has 0 saturated carbocycles. The molecule has 5 heteroatoms. The second-order valence-corrected chi connectivity index (χ2v) is 5.57. The van der Waals surface area contributed by atoms with Gasteiger partial charge in [-0.05, 0) is 38.0 Å². The number of nitrogens with zero attached hydrogens (tertiary/aromatic N) is 1. The molecule has 3 unspecified atom stereocenters. The van der Waals surface area contributed by atoms with Crippen molar-refractivity contribution in [1.29, 1.82) is 0 Å². The number of amides is 2. The molecule has 1 aromatic rings. The number of carbonyl (C=O) groups excluding carboxylic acids is 2. The Morgan fingerprint density at radius 2 is 2.10 bits per heavy atom. The molecule has 4 nitrogen and oxygen atoms in total. The van der Waals surface area contributed by atoms with Crippen LogP contribution in [0.25, 0.3) is 0 Å². The minimum absolute atomic E-state index is 0.0519. The van der Waals surface area contributed by atoms with Gasteiger partial charge < -0.3 is 10.2 Å². The average molecular weight is 295 g/mol. The summed E-state index contributed by atoms with van der Waals surface area (Å²) in [6.45, 7) is 5.55. The molecular formula is C15H19ClN2O2. The van der Waals surface area contributed by atoms with E-state index < -0.39 is 12.1 Å². The zero-order valence-corrected chi connectivity index (χ0v) is 12.6. The molecule has 0 spiro atoms. The molecule has 1 N–H and O–H groups in total. The van der Waals surface area contributed by atoms with Crippen molar-refractivity contribution in [3.63, 3.8) is 0 Å². The Bertz CT molecular complexity index is 532. The fraction of sp³-hybridized carbons (Fsp3) is 0.467. The number of carbonyl (C=O) groups is 2. The monoisotopic (exact) mass is 294 g/mol. The van der Waals surface area contributed by atoms with Crippen LogP contribution in [0.2, 0.25) is 5.02 Å². The lowest BCUT2D eigenvalue weighted by molar-refractivity contribution is -0.151. The standard InChI is InChI=1S/C15H19ClN2O2/c1-4-13-14(19)17-9(2)15(20)18(13)10(3)11-6-5-7-12(16)8-11/h5-10,13H,4H2,1-3H3,(H,17,19). The van der Waals surface area contributed by atoms with Gasteiger partial charge in [-0.3, -0.25) is 9.59 Å². The topological polar surface area (TPSA) is 49.4 Å². The molecule has 3 atom stereocenters. The maximum atomic E-state index is 12.4. The number of hydrogen-bond acceptors (Lipinski definition) is 2. The van der Waals surface area contributed by atoms with Crippen LogP contribution in [0.3, 0.4) is 0 Å². The van der Waals surface area contributed by atoms with Gasteiger partial charge in [0.1, 0.15) is 12.1 Å². The fourth-order valence-electron chi connectivity index (χ4n) is 2.64. The van der Waals surface area contributed by atoms with Crippen molar-refractivity contribution in [3.05, 3.63) is 34.9 Å². The van der Waals surface area contributed by atoms with Crippen LogP contribution < -0.4 is 5.32 Å². The van der Waals surface area contributed by atoms with E-state index in [4.69, 9.17) is 11.6 Å². The van der Waals surface area contributed by atoms with Crippen molar-refractivity contribution >= 4 is 23.4 Å². The minimum atomic E-state index is -0.480. The van der Waals surface area contributed by atoms with Crippen LogP contribution in [-0.4, -0.2) is 28.8 Å². The van der Waals surface area contributed by atoms with E-state index in [1.54, 1.807) is 17.9 Å². The van der Waals surface area contributed by atoms with Crippen molar-refractivity contribution in [2.24, 2.45) is 0 Å². The molecule has 0 aromatic heterocycles. The molecule has 1 aliphatic heterocycles. The molecule has 2 rings (SSSR count). The molecular weight excluding hydrogens is 276 g/mol. The van der Waals surface area contributed by atoms with Gasteiger partial charge in [-0.1, -0.05) is 30.7 Å². The Balaban J connectivity index is 2.36. The molecule has 1 heterocycles. The predicted molar refractivity (Wildman–Crippen MR) is 78.4 cm³/mol. The molecule has 1 aliphatic rings. The quantitative estimate of drug-likeness (QED) is 0.931. The Labute approximate surface area is 124 Å². The first-order chi connectivity index (χ1) is 9.45. The lowest BCUT2D eigenvalue weighted by atomic mass is 9.99. The number of hydrogen-bond donors (Lipinski definition) is 1. The fourth-order valence-corrected chi connectivity index (χ4v) is 2.84. The second kappa shape index (κ2) is 5.83.